The summed E-state index contributed by atoms with van der Waals surface area (Å²) in [5.74, 6) is -1.57. The lowest BCUT2D eigenvalue weighted by Gasteiger charge is -2.21. The Morgan fingerprint density at radius 3 is 0.739 bits per heavy atom. The van der Waals surface area contributed by atoms with Crippen LogP contribution in [0.3, 0.4) is 0 Å². The summed E-state index contributed by atoms with van der Waals surface area (Å²) in [4.78, 5) is 58.9. The number of phosphoric acid groups is 2. The molecule has 0 aromatic carbocycles. The Labute approximate surface area is 679 Å². The standard InChI is InChI=1S/C93H166O16P2/c1-4-7-10-13-16-19-22-25-28-30-32-34-36-38-40-42-43-45-47-48-50-52-54-56-59-61-64-67-70-73-76-79-91(96)103-82-88(94)83-105-110(99,100)106-84-89(95)85-107-111(101,102)108-87-90(109-93(98)81-78-75-72-69-66-63-58-27-24-21-18-15-12-9-6-3)86-104-92(97)80-77-74-71-68-65-62-60-57-55-53-51-49-46-44-41-39-37-35-33-31-29-26-23-20-17-14-11-8-5-2/h16-17,19-20,25-29,32-35,38-41,58,88-90,94-95H,4-15,18,21-24,30-31,36-37,42-57,59-87H2,1-3H3,(H,99,100)(H,101,102)/b19-16-,20-17-,28-25-,29-26-,34-32-,35-33-,40-38-,41-39-,58-27-. The summed E-state index contributed by atoms with van der Waals surface area (Å²) < 4.78 is 61.4. The van der Waals surface area contributed by atoms with Gasteiger partial charge >= 0.3 is 33.6 Å². The van der Waals surface area contributed by atoms with Crippen LogP contribution in [0.4, 0.5) is 0 Å². The third-order valence-electron chi connectivity index (χ3n) is 19.4. The lowest BCUT2D eigenvalue weighted by molar-refractivity contribution is -0.161. The van der Waals surface area contributed by atoms with E-state index in [0.717, 1.165) is 122 Å². The second-order valence-electron chi connectivity index (χ2n) is 30.4. The van der Waals surface area contributed by atoms with Gasteiger partial charge < -0.3 is 34.2 Å². The van der Waals surface area contributed by atoms with E-state index in [-0.39, 0.29) is 19.3 Å². The van der Waals surface area contributed by atoms with Gasteiger partial charge in [0.25, 0.3) is 0 Å². The fourth-order valence-corrected chi connectivity index (χ4v) is 14.1. The molecule has 0 aliphatic carbocycles. The van der Waals surface area contributed by atoms with Gasteiger partial charge in [0.1, 0.15) is 25.4 Å². The first-order valence-corrected chi connectivity index (χ1v) is 48.2. The molecule has 111 heavy (non-hydrogen) atoms. The van der Waals surface area contributed by atoms with E-state index < -0.39 is 91.5 Å². The van der Waals surface area contributed by atoms with Crippen LogP contribution in [-0.4, -0.2) is 95.9 Å². The summed E-state index contributed by atoms with van der Waals surface area (Å²) in [6.45, 7) is 2.67. The van der Waals surface area contributed by atoms with Gasteiger partial charge in [-0.25, -0.2) is 9.13 Å². The molecule has 0 amide bonds. The van der Waals surface area contributed by atoms with Crippen molar-refractivity contribution in [1.82, 2.24) is 0 Å². The Morgan fingerprint density at radius 2 is 0.450 bits per heavy atom. The number of carbonyl (C=O) groups excluding carboxylic acids is 3. The first-order chi connectivity index (χ1) is 54.2. The van der Waals surface area contributed by atoms with E-state index in [1.165, 1.54) is 225 Å². The van der Waals surface area contributed by atoms with E-state index in [4.69, 9.17) is 32.3 Å². The highest BCUT2D eigenvalue weighted by molar-refractivity contribution is 7.47. The highest BCUT2D eigenvalue weighted by Crippen LogP contribution is 2.45. The van der Waals surface area contributed by atoms with E-state index in [1.807, 2.05) is 0 Å². The molecule has 4 N–H and O–H groups in total. The van der Waals surface area contributed by atoms with Crippen LogP contribution in [0.1, 0.15) is 406 Å². The number of hydrogen-bond donors (Lipinski definition) is 4. The molecule has 5 atom stereocenters. The van der Waals surface area contributed by atoms with Crippen LogP contribution in [0.15, 0.2) is 109 Å². The summed E-state index contributed by atoms with van der Waals surface area (Å²) >= 11 is 0. The molecular formula is C93H166O16P2. The molecule has 0 bridgehead atoms. The van der Waals surface area contributed by atoms with Gasteiger partial charge in [0, 0.05) is 19.3 Å². The highest BCUT2D eigenvalue weighted by atomic mass is 31.2. The molecule has 18 heteroatoms. The molecule has 0 aliphatic rings. The van der Waals surface area contributed by atoms with Gasteiger partial charge in [-0.05, 0) is 135 Å². The van der Waals surface area contributed by atoms with Crippen molar-refractivity contribution in [3.8, 4) is 0 Å². The molecule has 0 aliphatic heterocycles. The lowest BCUT2D eigenvalue weighted by atomic mass is 10.0. The monoisotopic (exact) mass is 1600 g/mol. The number of carbonyl (C=O) groups is 3. The van der Waals surface area contributed by atoms with Crippen molar-refractivity contribution < 1.29 is 75.8 Å². The van der Waals surface area contributed by atoms with Gasteiger partial charge in [0.2, 0.25) is 0 Å². The number of rotatable bonds is 86. The van der Waals surface area contributed by atoms with Crippen molar-refractivity contribution in [2.45, 2.75) is 424 Å². The molecular weight excluding hydrogens is 1430 g/mol. The van der Waals surface area contributed by atoms with Crippen LogP contribution in [-0.2, 0) is 55.8 Å². The van der Waals surface area contributed by atoms with Gasteiger partial charge in [0.15, 0.2) is 6.10 Å². The Kier molecular flexibility index (Phi) is 82.7. The second-order valence-corrected chi connectivity index (χ2v) is 33.3. The molecule has 0 rings (SSSR count). The molecule has 0 saturated heterocycles. The molecule has 0 heterocycles. The second kappa shape index (κ2) is 85.6. The number of phosphoric ester groups is 2. The number of aliphatic hydroxyl groups is 2. The van der Waals surface area contributed by atoms with Crippen LogP contribution in [0.25, 0.3) is 0 Å². The number of aliphatic hydroxyl groups excluding tert-OH is 2. The predicted octanol–water partition coefficient (Wildman–Crippen LogP) is 27.4. The Morgan fingerprint density at radius 1 is 0.252 bits per heavy atom. The molecule has 0 fully saturated rings. The Hall–Kier alpha value is -3.79. The van der Waals surface area contributed by atoms with Crippen molar-refractivity contribution >= 4 is 33.6 Å². The van der Waals surface area contributed by atoms with Crippen LogP contribution in [0, 0.1) is 0 Å². The van der Waals surface area contributed by atoms with Crippen LogP contribution in [0.2, 0.25) is 0 Å². The Bertz CT molecular complexity index is 2450. The van der Waals surface area contributed by atoms with E-state index in [9.17, 15) is 43.5 Å². The zero-order chi connectivity index (χ0) is 80.8. The maximum Gasteiger partial charge on any atom is 0.472 e. The van der Waals surface area contributed by atoms with Gasteiger partial charge in [-0.3, -0.25) is 32.5 Å². The maximum atomic E-state index is 13.0. The number of ether oxygens (including phenoxy) is 3. The van der Waals surface area contributed by atoms with Crippen LogP contribution >= 0.6 is 15.6 Å². The molecule has 0 saturated carbocycles. The van der Waals surface area contributed by atoms with E-state index in [0.29, 0.717) is 19.3 Å². The fourth-order valence-electron chi connectivity index (χ4n) is 12.5. The molecule has 16 nitrogen and oxygen atoms in total. The topological polar surface area (TPSA) is 231 Å². The van der Waals surface area contributed by atoms with Gasteiger partial charge in [0.05, 0.1) is 26.4 Å². The summed E-state index contributed by atoms with van der Waals surface area (Å²) in [5, 5.41) is 20.7. The normalized spacial score (nSPS) is 14.3. The minimum absolute atomic E-state index is 0.0959. The first kappa shape index (κ1) is 107. The smallest absolute Gasteiger partial charge is 0.463 e. The zero-order valence-corrected chi connectivity index (χ0v) is 72.7. The molecule has 0 spiro atoms. The summed E-state index contributed by atoms with van der Waals surface area (Å²) in [7, 11) is -9.79. The van der Waals surface area contributed by atoms with Crippen molar-refractivity contribution in [2.75, 3.05) is 39.6 Å². The molecule has 644 valence electrons. The molecule has 0 aromatic rings. The fraction of sp³-hybridized carbons (Fsp3) is 0.774. The number of unbranched alkanes of at least 4 members (excludes halogenated alkanes) is 45. The molecule has 0 aromatic heterocycles. The summed E-state index contributed by atoms with van der Waals surface area (Å²) in [6.07, 6.45) is 103. The van der Waals surface area contributed by atoms with Crippen molar-refractivity contribution in [3.05, 3.63) is 109 Å². The third-order valence-corrected chi connectivity index (χ3v) is 21.3. The maximum absolute atomic E-state index is 13.0. The molecule has 5 unspecified atom stereocenters. The predicted molar refractivity (Wildman–Crippen MR) is 464 cm³/mol. The largest absolute Gasteiger partial charge is 0.472 e. The average Bonchev–Trinajstić information content (AvgIpc) is 0.908. The summed E-state index contributed by atoms with van der Waals surface area (Å²) in [5.41, 5.74) is 0. The highest BCUT2D eigenvalue weighted by Gasteiger charge is 2.29. The summed E-state index contributed by atoms with van der Waals surface area (Å²) in [6, 6.07) is 0. The lowest BCUT2D eigenvalue weighted by Crippen LogP contribution is -2.30. The molecule has 0 radical (unpaired) electrons. The minimum atomic E-state index is -4.94. The third kappa shape index (κ3) is 86.9. The van der Waals surface area contributed by atoms with Crippen molar-refractivity contribution in [2.24, 2.45) is 0 Å². The van der Waals surface area contributed by atoms with Crippen LogP contribution < -0.4 is 0 Å². The Balaban J connectivity index is 4.47. The van der Waals surface area contributed by atoms with E-state index >= 15 is 0 Å². The quantitative estimate of drug-likeness (QED) is 0.0146. The SMILES string of the molecule is CCCCC/C=C\C/C=C\C/C=C\C/C=C\CCCCCCCCCCCCCCCCCC(=O)OCC(O)COP(=O)(O)OCC(O)COP(=O)(O)OCC(COC(=O)CCCCCCCCCCCCCCC/C=C\C/C=C\C/C=C\C/C=C\CCCCC)OC(=O)CCCCCCC/C=C\CCCCCCCC. The number of esters is 3. The van der Waals surface area contributed by atoms with E-state index in [2.05, 4.69) is 130 Å². The van der Waals surface area contributed by atoms with Gasteiger partial charge in [-0.2, -0.15) is 0 Å². The number of hydrogen-bond acceptors (Lipinski definition) is 14. The van der Waals surface area contributed by atoms with Crippen molar-refractivity contribution in [3.63, 3.8) is 0 Å². The first-order valence-electron chi connectivity index (χ1n) is 45.2. The van der Waals surface area contributed by atoms with Crippen molar-refractivity contribution in [1.29, 1.82) is 0 Å². The van der Waals surface area contributed by atoms with Gasteiger partial charge in [-0.15, -0.1) is 0 Å². The zero-order valence-electron chi connectivity index (χ0n) is 70.9. The van der Waals surface area contributed by atoms with Crippen LogP contribution in [0.5, 0.6) is 0 Å². The number of allylic oxidation sites excluding steroid dienone is 18. The van der Waals surface area contributed by atoms with E-state index in [1.54, 1.807) is 0 Å². The van der Waals surface area contributed by atoms with Gasteiger partial charge in [-0.1, -0.05) is 361 Å². The average molecular weight is 1600 g/mol. The minimum Gasteiger partial charge on any atom is -0.463 e.